The molecule has 0 aliphatic carbocycles. The van der Waals surface area contributed by atoms with E-state index in [-0.39, 0.29) is 18.0 Å². The highest BCUT2D eigenvalue weighted by molar-refractivity contribution is 8.15. The van der Waals surface area contributed by atoms with Crippen LogP contribution in [0.4, 0.5) is 10.1 Å². The first-order chi connectivity index (χ1) is 13.4. The summed E-state index contributed by atoms with van der Waals surface area (Å²) in [7, 11) is 0. The number of halogens is 2. The average molecular weight is 419 g/mol. The van der Waals surface area contributed by atoms with Crippen LogP contribution in [0.15, 0.2) is 58.7 Å². The zero-order valence-electron chi connectivity index (χ0n) is 14.8. The molecule has 3 rings (SSSR count). The lowest BCUT2D eigenvalue weighted by Crippen LogP contribution is -2.28. The fourth-order valence-corrected chi connectivity index (χ4v) is 3.43. The smallest absolute Gasteiger partial charge is 0.240 e. The third-order valence-electron chi connectivity index (χ3n) is 3.85. The zero-order chi connectivity index (χ0) is 20.1. The van der Waals surface area contributed by atoms with E-state index in [0.717, 1.165) is 17.3 Å². The Morgan fingerprint density at radius 2 is 1.96 bits per heavy atom. The molecule has 144 valence electrons. The van der Waals surface area contributed by atoms with E-state index in [1.54, 1.807) is 25.1 Å². The summed E-state index contributed by atoms with van der Waals surface area (Å²) in [5.41, 5.74) is 1.58. The molecule has 0 radical (unpaired) electrons. The van der Waals surface area contributed by atoms with Crippen LogP contribution in [-0.2, 0) is 9.59 Å². The Kier molecular flexibility index (Phi) is 6.43. The van der Waals surface area contributed by atoms with Gasteiger partial charge < -0.3 is 10.6 Å². The van der Waals surface area contributed by atoms with Crippen molar-refractivity contribution in [1.29, 1.82) is 0 Å². The van der Waals surface area contributed by atoms with Gasteiger partial charge in [-0.3, -0.25) is 9.59 Å². The van der Waals surface area contributed by atoms with Gasteiger partial charge in [-0.25, -0.2) is 4.39 Å². The highest BCUT2D eigenvalue weighted by Crippen LogP contribution is 2.23. The summed E-state index contributed by atoms with van der Waals surface area (Å²) in [5, 5.41) is 13.5. The van der Waals surface area contributed by atoms with E-state index >= 15 is 0 Å². The molecular weight excluding hydrogens is 403 g/mol. The summed E-state index contributed by atoms with van der Waals surface area (Å²) in [4.78, 5) is 24.2. The van der Waals surface area contributed by atoms with Crippen LogP contribution in [0.3, 0.4) is 0 Å². The minimum absolute atomic E-state index is 0.0768. The molecule has 1 heterocycles. The van der Waals surface area contributed by atoms with Crippen LogP contribution in [0, 0.1) is 5.82 Å². The van der Waals surface area contributed by atoms with Gasteiger partial charge in [0.25, 0.3) is 0 Å². The van der Waals surface area contributed by atoms with Crippen LogP contribution in [0.25, 0.3) is 0 Å². The SMILES string of the molecule is C/C(=N/N=C1\NC(=O)[C@H](CC(=O)Nc2ccccc2F)S1)c1ccc(Cl)cc1. The molecule has 2 amide bonds. The highest BCUT2D eigenvalue weighted by atomic mass is 35.5. The number of carbonyl (C=O) groups excluding carboxylic acids is 2. The van der Waals surface area contributed by atoms with Crippen molar-refractivity contribution in [2.45, 2.75) is 18.6 Å². The van der Waals surface area contributed by atoms with E-state index in [0.29, 0.717) is 15.9 Å². The van der Waals surface area contributed by atoms with Crippen LogP contribution in [0.2, 0.25) is 5.02 Å². The molecule has 28 heavy (non-hydrogen) atoms. The highest BCUT2D eigenvalue weighted by Gasteiger charge is 2.32. The van der Waals surface area contributed by atoms with Gasteiger partial charge in [0.15, 0.2) is 5.17 Å². The van der Waals surface area contributed by atoms with Crippen LogP contribution >= 0.6 is 23.4 Å². The van der Waals surface area contributed by atoms with Crippen LogP contribution in [0.1, 0.15) is 18.9 Å². The Hall–Kier alpha value is -2.71. The van der Waals surface area contributed by atoms with E-state index in [1.165, 1.54) is 18.2 Å². The number of rotatable bonds is 5. The van der Waals surface area contributed by atoms with Crippen molar-refractivity contribution >= 4 is 51.7 Å². The number of hydrogen-bond acceptors (Lipinski definition) is 5. The normalized spacial score (nSPS) is 18.2. The molecule has 2 aromatic rings. The number of amides is 2. The predicted octanol–water partition coefficient (Wildman–Crippen LogP) is 3.82. The minimum atomic E-state index is -0.656. The van der Waals surface area contributed by atoms with Crippen LogP contribution < -0.4 is 10.6 Å². The van der Waals surface area contributed by atoms with Gasteiger partial charge in [0, 0.05) is 11.4 Å². The molecular formula is C19H16ClFN4O2S. The van der Waals surface area contributed by atoms with Crippen molar-refractivity contribution in [1.82, 2.24) is 5.32 Å². The quantitative estimate of drug-likeness (QED) is 0.572. The third kappa shape index (κ3) is 5.17. The van der Waals surface area contributed by atoms with Gasteiger partial charge in [-0.2, -0.15) is 5.10 Å². The second-order valence-corrected chi connectivity index (χ2v) is 7.55. The van der Waals surface area contributed by atoms with Crippen molar-refractivity contribution in [2.24, 2.45) is 10.2 Å². The first-order valence-corrected chi connectivity index (χ1v) is 9.58. The number of amidine groups is 1. The van der Waals surface area contributed by atoms with E-state index < -0.39 is 17.0 Å². The van der Waals surface area contributed by atoms with Gasteiger partial charge in [0.2, 0.25) is 11.8 Å². The Labute approximate surface area is 170 Å². The van der Waals surface area contributed by atoms with Crippen LogP contribution in [-0.4, -0.2) is 27.9 Å². The standard InChI is InChI=1S/C19H16ClFN4O2S/c1-11(12-6-8-13(20)9-7-12)24-25-19-23-18(27)16(28-19)10-17(26)22-15-5-3-2-4-14(15)21/h2-9,16H,10H2,1H3,(H,22,26)(H,23,25,27)/b24-11-/t16-/m0/s1. The number of thioether (sulfide) groups is 1. The van der Waals surface area contributed by atoms with E-state index in [4.69, 9.17) is 11.6 Å². The summed E-state index contributed by atoms with van der Waals surface area (Å²) in [6, 6.07) is 13.0. The Balaban J connectivity index is 1.60. The molecule has 1 atom stereocenters. The van der Waals surface area contributed by atoms with Gasteiger partial charge in [0.05, 0.1) is 11.4 Å². The molecule has 2 aromatic carbocycles. The molecule has 2 N–H and O–H groups in total. The van der Waals surface area contributed by atoms with E-state index in [1.807, 2.05) is 12.1 Å². The summed E-state index contributed by atoms with van der Waals surface area (Å²) in [6.45, 7) is 1.79. The first kappa shape index (κ1) is 20.0. The maximum atomic E-state index is 13.6. The largest absolute Gasteiger partial charge is 0.324 e. The van der Waals surface area contributed by atoms with Crippen molar-refractivity contribution in [2.75, 3.05) is 5.32 Å². The van der Waals surface area contributed by atoms with Gasteiger partial charge in [-0.1, -0.05) is 47.6 Å². The molecule has 0 aromatic heterocycles. The number of benzene rings is 2. The van der Waals surface area contributed by atoms with Crippen molar-refractivity contribution < 1.29 is 14.0 Å². The zero-order valence-corrected chi connectivity index (χ0v) is 16.4. The van der Waals surface area contributed by atoms with Gasteiger partial charge in [-0.05, 0) is 36.8 Å². The van der Waals surface area contributed by atoms with Gasteiger partial charge in [0.1, 0.15) is 11.1 Å². The topological polar surface area (TPSA) is 82.9 Å². The number of nitrogens with one attached hydrogen (secondary N) is 2. The number of carbonyl (C=O) groups is 2. The number of hydrogen-bond donors (Lipinski definition) is 2. The summed E-state index contributed by atoms with van der Waals surface area (Å²) in [6.07, 6.45) is -0.107. The fourth-order valence-electron chi connectivity index (χ4n) is 2.39. The molecule has 1 aliphatic rings. The van der Waals surface area contributed by atoms with Crippen molar-refractivity contribution in [3.05, 3.63) is 64.9 Å². The second kappa shape index (κ2) is 8.99. The molecule has 0 saturated carbocycles. The van der Waals surface area contributed by atoms with Crippen molar-refractivity contribution in [3.63, 3.8) is 0 Å². The monoisotopic (exact) mass is 418 g/mol. The minimum Gasteiger partial charge on any atom is -0.324 e. The lowest BCUT2D eigenvalue weighted by molar-refractivity contribution is -0.122. The lowest BCUT2D eigenvalue weighted by Gasteiger charge is -2.07. The summed E-state index contributed by atoms with van der Waals surface area (Å²) < 4.78 is 13.6. The Bertz CT molecular complexity index is 963. The average Bonchev–Trinajstić information content (AvgIpc) is 3.01. The maximum Gasteiger partial charge on any atom is 0.240 e. The van der Waals surface area contributed by atoms with E-state index in [9.17, 15) is 14.0 Å². The van der Waals surface area contributed by atoms with Crippen LogP contribution in [0.5, 0.6) is 0 Å². The van der Waals surface area contributed by atoms with Crippen molar-refractivity contribution in [3.8, 4) is 0 Å². The second-order valence-electron chi connectivity index (χ2n) is 5.93. The fraction of sp³-hybridized carbons (Fsp3) is 0.158. The molecule has 0 bridgehead atoms. The van der Waals surface area contributed by atoms with Gasteiger partial charge in [-0.15, -0.1) is 5.10 Å². The lowest BCUT2D eigenvalue weighted by atomic mass is 10.1. The summed E-state index contributed by atoms with van der Waals surface area (Å²) in [5.74, 6) is -1.33. The summed E-state index contributed by atoms with van der Waals surface area (Å²) >= 11 is 6.97. The first-order valence-electron chi connectivity index (χ1n) is 8.32. The molecule has 1 fully saturated rings. The Morgan fingerprint density at radius 3 is 2.68 bits per heavy atom. The predicted molar refractivity (Wildman–Crippen MR) is 110 cm³/mol. The third-order valence-corrected chi connectivity index (χ3v) is 5.17. The number of anilines is 1. The molecule has 9 heteroatoms. The number of para-hydroxylation sites is 1. The number of nitrogens with zero attached hydrogens (tertiary/aromatic N) is 2. The van der Waals surface area contributed by atoms with E-state index in [2.05, 4.69) is 20.8 Å². The molecule has 0 unspecified atom stereocenters. The molecule has 6 nitrogen and oxygen atoms in total. The maximum absolute atomic E-state index is 13.6. The molecule has 1 aliphatic heterocycles. The Morgan fingerprint density at radius 1 is 1.25 bits per heavy atom. The molecule has 0 spiro atoms. The molecule has 1 saturated heterocycles. The van der Waals surface area contributed by atoms with Gasteiger partial charge >= 0.3 is 0 Å².